The predicted molar refractivity (Wildman–Crippen MR) is 77.7 cm³/mol. The average Bonchev–Trinajstić information content (AvgIpc) is 2.64. The molecular weight excluding hydrogens is 370 g/mol. The van der Waals surface area contributed by atoms with E-state index in [4.69, 9.17) is 4.74 Å². The van der Waals surface area contributed by atoms with Crippen LogP contribution in [-0.4, -0.2) is 37.6 Å². The molecular formula is C11H13Br2NO2S. The standard InChI is InChI=1S/C11H13Br2NO2S/c1-3-4-14(5-6-16-2)11(15)9-7-8(12)10(13)17-9/h3,7H,1,4-6H2,2H3. The number of methoxy groups -OCH3 is 1. The molecule has 0 saturated carbocycles. The lowest BCUT2D eigenvalue weighted by Gasteiger charge is -2.19. The minimum atomic E-state index is -0.00153. The molecule has 0 aliphatic rings. The number of halogens is 2. The maximum absolute atomic E-state index is 12.2. The molecule has 1 heterocycles. The Hall–Kier alpha value is -0.170. The largest absolute Gasteiger partial charge is 0.383 e. The summed E-state index contributed by atoms with van der Waals surface area (Å²) in [5.41, 5.74) is 0. The van der Waals surface area contributed by atoms with Gasteiger partial charge in [-0.1, -0.05) is 6.08 Å². The smallest absolute Gasteiger partial charge is 0.264 e. The van der Waals surface area contributed by atoms with E-state index < -0.39 is 0 Å². The second-order valence-corrected chi connectivity index (χ2v) is 6.49. The summed E-state index contributed by atoms with van der Waals surface area (Å²) in [6, 6.07) is 1.82. The number of carbonyl (C=O) groups excluding carboxylic acids is 1. The number of amides is 1. The third kappa shape index (κ3) is 4.21. The van der Waals surface area contributed by atoms with E-state index in [1.54, 1.807) is 18.1 Å². The molecule has 1 amide bonds. The summed E-state index contributed by atoms with van der Waals surface area (Å²) in [5.74, 6) is -0.00153. The highest BCUT2D eigenvalue weighted by molar-refractivity contribution is 9.13. The van der Waals surface area contributed by atoms with Crippen LogP contribution in [0.2, 0.25) is 0 Å². The third-order valence-corrected chi connectivity index (χ3v) is 5.30. The zero-order valence-electron chi connectivity index (χ0n) is 9.41. The van der Waals surface area contributed by atoms with Crippen molar-refractivity contribution in [2.75, 3.05) is 26.8 Å². The molecule has 17 heavy (non-hydrogen) atoms. The van der Waals surface area contributed by atoms with Gasteiger partial charge in [-0.3, -0.25) is 4.79 Å². The minimum Gasteiger partial charge on any atom is -0.383 e. The summed E-state index contributed by atoms with van der Waals surface area (Å²) in [6.07, 6.45) is 1.71. The molecule has 3 nitrogen and oxygen atoms in total. The number of thiophene rings is 1. The monoisotopic (exact) mass is 381 g/mol. The number of ether oxygens (including phenoxy) is 1. The highest BCUT2D eigenvalue weighted by atomic mass is 79.9. The van der Waals surface area contributed by atoms with Gasteiger partial charge in [0.1, 0.15) is 0 Å². The van der Waals surface area contributed by atoms with Crippen LogP contribution in [-0.2, 0) is 4.74 Å². The summed E-state index contributed by atoms with van der Waals surface area (Å²) < 4.78 is 6.81. The van der Waals surface area contributed by atoms with Gasteiger partial charge in [0, 0.05) is 24.7 Å². The molecule has 6 heteroatoms. The van der Waals surface area contributed by atoms with Crippen molar-refractivity contribution in [1.82, 2.24) is 4.90 Å². The van der Waals surface area contributed by atoms with Gasteiger partial charge >= 0.3 is 0 Å². The Balaban J connectivity index is 2.79. The molecule has 0 aliphatic carbocycles. The second-order valence-electron chi connectivity index (χ2n) is 3.26. The van der Waals surface area contributed by atoms with E-state index in [1.807, 2.05) is 6.07 Å². The maximum atomic E-state index is 12.2. The summed E-state index contributed by atoms with van der Waals surface area (Å²) in [6.45, 7) is 5.27. The van der Waals surface area contributed by atoms with E-state index in [0.717, 1.165) is 8.26 Å². The number of hydrogen-bond donors (Lipinski definition) is 0. The Morgan fingerprint density at radius 3 is 2.82 bits per heavy atom. The van der Waals surface area contributed by atoms with E-state index in [-0.39, 0.29) is 5.91 Å². The van der Waals surface area contributed by atoms with Crippen LogP contribution in [0.1, 0.15) is 9.67 Å². The lowest BCUT2D eigenvalue weighted by molar-refractivity contribution is 0.0723. The van der Waals surface area contributed by atoms with Gasteiger partial charge in [-0.15, -0.1) is 17.9 Å². The topological polar surface area (TPSA) is 29.5 Å². The van der Waals surface area contributed by atoms with Gasteiger partial charge in [0.15, 0.2) is 0 Å². The fraction of sp³-hybridized carbons (Fsp3) is 0.364. The van der Waals surface area contributed by atoms with Crippen LogP contribution in [0.3, 0.4) is 0 Å². The molecule has 0 spiro atoms. The van der Waals surface area contributed by atoms with Gasteiger partial charge in [0.05, 0.1) is 15.3 Å². The molecule has 0 fully saturated rings. The molecule has 0 radical (unpaired) electrons. The Morgan fingerprint density at radius 1 is 1.65 bits per heavy atom. The van der Waals surface area contributed by atoms with E-state index in [1.165, 1.54) is 11.3 Å². The van der Waals surface area contributed by atoms with Crippen molar-refractivity contribution in [2.45, 2.75) is 0 Å². The Labute approximate surface area is 122 Å². The Morgan fingerprint density at radius 2 is 2.35 bits per heavy atom. The highest BCUT2D eigenvalue weighted by Gasteiger charge is 2.17. The lowest BCUT2D eigenvalue weighted by atomic mass is 10.3. The number of carbonyl (C=O) groups is 1. The third-order valence-electron chi connectivity index (χ3n) is 2.06. The van der Waals surface area contributed by atoms with Gasteiger partial charge in [-0.2, -0.15) is 0 Å². The van der Waals surface area contributed by atoms with Crippen LogP contribution in [0.15, 0.2) is 27.0 Å². The molecule has 0 N–H and O–H groups in total. The van der Waals surface area contributed by atoms with Crippen LogP contribution in [0.4, 0.5) is 0 Å². The molecule has 1 aromatic rings. The Kier molecular flexibility index (Phi) is 6.40. The van der Waals surface area contributed by atoms with Crippen molar-refractivity contribution in [1.29, 1.82) is 0 Å². The van der Waals surface area contributed by atoms with Gasteiger partial charge in [0.2, 0.25) is 0 Å². The van der Waals surface area contributed by atoms with Crippen molar-refractivity contribution in [2.24, 2.45) is 0 Å². The fourth-order valence-electron chi connectivity index (χ4n) is 1.24. The Bertz CT molecular complexity index is 387. The van der Waals surface area contributed by atoms with Crippen LogP contribution in [0.5, 0.6) is 0 Å². The average molecular weight is 383 g/mol. The van der Waals surface area contributed by atoms with Crippen molar-refractivity contribution in [3.05, 3.63) is 31.9 Å². The van der Waals surface area contributed by atoms with Gasteiger partial charge < -0.3 is 9.64 Å². The van der Waals surface area contributed by atoms with Crippen molar-refractivity contribution >= 4 is 49.1 Å². The molecule has 0 unspecified atom stereocenters. The van der Waals surface area contributed by atoms with Crippen LogP contribution >= 0.6 is 43.2 Å². The van der Waals surface area contributed by atoms with E-state index in [2.05, 4.69) is 38.4 Å². The van der Waals surface area contributed by atoms with Crippen LogP contribution < -0.4 is 0 Å². The zero-order valence-corrected chi connectivity index (χ0v) is 13.4. The van der Waals surface area contributed by atoms with Crippen LogP contribution in [0, 0.1) is 0 Å². The number of rotatable bonds is 6. The lowest BCUT2D eigenvalue weighted by Crippen LogP contribution is -2.33. The molecule has 0 saturated heterocycles. The van der Waals surface area contributed by atoms with E-state index >= 15 is 0 Å². The van der Waals surface area contributed by atoms with E-state index in [9.17, 15) is 4.79 Å². The first-order chi connectivity index (χ1) is 8.10. The first-order valence-electron chi connectivity index (χ1n) is 4.94. The molecule has 94 valence electrons. The summed E-state index contributed by atoms with van der Waals surface area (Å²) in [4.78, 5) is 14.6. The maximum Gasteiger partial charge on any atom is 0.264 e. The van der Waals surface area contributed by atoms with Crippen LogP contribution in [0.25, 0.3) is 0 Å². The summed E-state index contributed by atoms with van der Waals surface area (Å²) in [7, 11) is 1.62. The predicted octanol–water partition coefficient (Wildman–Crippen LogP) is 3.55. The van der Waals surface area contributed by atoms with E-state index in [0.29, 0.717) is 24.6 Å². The number of nitrogens with zero attached hydrogens (tertiary/aromatic N) is 1. The SMILES string of the molecule is C=CCN(CCOC)C(=O)c1cc(Br)c(Br)s1. The molecule has 0 aliphatic heterocycles. The number of hydrogen-bond acceptors (Lipinski definition) is 3. The summed E-state index contributed by atoms with van der Waals surface area (Å²) >= 11 is 8.17. The zero-order chi connectivity index (χ0) is 12.8. The minimum absolute atomic E-state index is 0.00153. The summed E-state index contributed by atoms with van der Waals surface area (Å²) in [5, 5.41) is 0. The second kappa shape index (κ2) is 7.31. The van der Waals surface area contributed by atoms with Gasteiger partial charge in [-0.25, -0.2) is 0 Å². The molecule has 0 bridgehead atoms. The fourth-order valence-corrected chi connectivity index (χ4v) is 3.24. The molecule has 1 rings (SSSR count). The first-order valence-corrected chi connectivity index (χ1v) is 7.34. The quantitative estimate of drug-likeness (QED) is 0.704. The van der Waals surface area contributed by atoms with Gasteiger partial charge in [0.25, 0.3) is 5.91 Å². The van der Waals surface area contributed by atoms with Gasteiger partial charge in [-0.05, 0) is 37.9 Å². The molecule has 0 atom stereocenters. The molecule has 1 aromatic heterocycles. The van der Waals surface area contributed by atoms with Crippen molar-refractivity contribution in [3.63, 3.8) is 0 Å². The highest BCUT2D eigenvalue weighted by Crippen LogP contribution is 2.32. The molecule has 0 aromatic carbocycles. The van der Waals surface area contributed by atoms with Crippen molar-refractivity contribution in [3.8, 4) is 0 Å². The normalized spacial score (nSPS) is 10.3. The van der Waals surface area contributed by atoms with Crippen molar-refractivity contribution < 1.29 is 9.53 Å². The first kappa shape index (κ1) is 14.9.